The fourth-order valence-electron chi connectivity index (χ4n) is 2.63. The highest BCUT2D eigenvalue weighted by atomic mass is 16.2. The second-order valence-electron chi connectivity index (χ2n) is 5.09. The number of amides is 2. The average molecular weight is 304 g/mol. The molecular formula is C16H24N4O2. The number of carbonyl (C=O) groups excluding carboxylic acids is 2. The molecular weight excluding hydrogens is 280 g/mol. The molecule has 3 N–H and O–H groups in total. The smallest absolute Gasteiger partial charge is 0.251 e. The molecule has 22 heavy (non-hydrogen) atoms. The summed E-state index contributed by atoms with van der Waals surface area (Å²) in [5, 5.41) is 8.95. The van der Waals surface area contributed by atoms with Crippen LogP contribution < -0.4 is 16.0 Å². The number of nitrogens with zero attached hydrogens (tertiary/aromatic N) is 1. The predicted octanol–water partition coefficient (Wildman–Crippen LogP) is 0.800. The van der Waals surface area contributed by atoms with E-state index in [-0.39, 0.29) is 11.8 Å². The average Bonchev–Trinajstić information content (AvgIpc) is 2.93. The molecule has 6 nitrogen and oxygen atoms in total. The number of hydrogen-bond acceptors (Lipinski definition) is 4. The number of hydrogen-bond donors (Lipinski definition) is 3. The summed E-state index contributed by atoms with van der Waals surface area (Å²) in [4.78, 5) is 25.8. The molecule has 0 aliphatic carbocycles. The maximum absolute atomic E-state index is 12.1. The van der Waals surface area contributed by atoms with Crippen molar-refractivity contribution in [2.45, 2.75) is 20.4 Å². The van der Waals surface area contributed by atoms with Crippen molar-refractivity contribution in [1.82, 2.24) is 15.5 Å². The van der Waals surface area contributed by atoms with Crippen LogP contribution >= 0.6 is 0 Å². The number of carbonyl (C=O) groups is 2. The van der Waals surface area contributed by atoms with Crippen LogP contribution in [0.5, 0.6) is 0 Å². The van der Waals surface area contributed by atoms with Crippen molar-refractivity contribution >= 4 is 17.5 Å². The van der Waals surface area contributed by atoms with Crippen molar-refractivity contribution in [3.8, 4) is 0 Å². The molecule has 0 unspecified atom stereocenters. The zero-order valence-electron chi connectivity index (χ0n) is 13.2. The Balaban J connectivity index is 0.000000847. The van der Waals surface area contributed by atoms with E-state index >= 15 is 0 Å². The third kappa shape index (κ3) is 3.84. The lowest BCUT2D eigenvalue weighted by molar-refractivity contribution is -0.117. The highest BCUT2D eigenvalue weighted by Gasteiger charge is 2.22. The van der Waals surface area contributed by atoms with E-state index in [1.807, 2.05) is 19.9 Å². The molecule has 1 aromatic rings. The summed E-state index contributed by atoms with van der Waals surface area (Å²) < 4.78 is 0. The Bertz CT molecular complexity index is 539. The van der Waals surface area contributed by atoms with E-state index in [4.69, 9.17) is 0 Å². The van der Waals surface area contributed by atoms with Crippen LogP contribution in [0.4, 0.5) is 5.69 Å². The van der Waals surface area contributed by atoms with Gasteiger partial charge >= 0.3 is 0 Å². The number of benzene rings is 1. The molecule has 0 spiro atoms. The minimum atomic E-state index is -0.0711. The molecule has 0 aromatic heterocycles. The highest BCUT2D eigenvalue weighted by molar-refractivity contribution is 6.02. The van der Waals surface area contributed by atoms with Crippen LogP contribution in [0.3, 0.4) is 0 Å². The van der Waals surface area contributed by atoms with Crippen LogP contribution in [0.1, 0.15) is 29.8 Å². The van der Waals surface area contributed by atoms with Crippen LogP contribution in [0, 0.1) is 0 Å². The first-order valence-electron chi connectivity index (χ1n) is 7.87. The molecule has 2 amide bonds. The van der Waals surface area contributed by atoms with Gasteiger partial charge in [0.05, 0.1) is 6.54 Å². The highest BCUT2D eigenvalue weighted by Crippen LogP contribution is 2.24. The van der Waals surface area contributed by atoms with Crippen molar-refractivity contribution in [3.05, 3.63) is 29.3 Å². The van der Waals surface area contributed by atoms with Crippen molar-refractivity contribution in [2.24, 2.45) is 0 Å². The SMILES string of the molecule is CC.O=C(CN1CCNCC1)Nc1cccc2c1CNC2=O. The largest absolute Gasteiger partial charge is 0.348 e. The van der Waals surface area contributed by atoms with Gasteiger partial charge in [0.15, 0.2) is 0 Å². The Morgan fingerprint density at radius 2 is 2.00 bits per heavy atom. The van der Waals surface area contributed by atoms with E-state index in [2.05, 4.69) is 20.9 Å². The number of rotatable bonds is 3. The molecule has 1 aromatic carbocycles. The minimum absolute atomic E-state index is 0.0281. The van der Waals surface area contributed by atoms with Gasteiger partial charge in [-0.05, 0) is 12.1 Å². The number of anilines is 1. The summed E-state index contributed by atoms with van der Waals surface area (Å²) in [5.74, 6) is -0.0992. The van der Waals surface area contributed by atoms with Crippen molar-refractivity contribution in [3.63, 3.8) is 0 Å². The minimum Gasteiger partial charge on any atom is -0.348 e. The van der Waals surface area contributed by atoms with E-state index in [1.54, 1.807) is 12.1 Å². The number of piperazine rings is 1. The standard InChI is InChI=1S/C14H18N4O2.C2H6/c19-13(9-18-6-4-15-5-7-18)17-12-3-1-2-10-11(12)8-16-14(10)20;1-2/h1-3,15H,4-9H2,(H,16,20)(H,17,19);1-2H3. The zero-order chi connectivity index (χ0) is 15.9. The van der Waals surface area contributed by atoms with Gasteiger partial charge in [-0.15, -0.1) is 0 Å². The second-order valence-corrected chi connectivity index (χ2v) is 5.09. The molecule has 120 valence electrons. The summed E-state index contributed by atoms with van der Waals surface area (Å²) in [6.45, 7) is 8.50. The van der Waals surface area contributed by atoms with Gasteiger partial charge in [0.25, 0.3) is 5.91 Å². The molecule has 0 radical (unpaired) electrons. The maximum Gasteiger partial charge on any atom is 0.251 e. The molecule has 1 fully saturated rings. The lowest BCUT2D eigenvalue weighted by atomic mass is 10.1. The first kappa shape index (κ1) is 16.5. The van der Waals surface area contributed by atoms with Crippen molar-refractivity contribution in [1.29, 1.82) is 0 Å². The summed E-state index contributed by atoms with van der Waals surface area (Å²) in [7, 11) is 0. The van der Waals surface area contributed by atoms with Gasteiger partial charge in [-0.2, -0.15) is 0 Å². The molecule has 0 saturated carbocycles. The zero-order valence-corrected chi connectivity index (χ0v) is 13.2. The van der Waals surface area contributed by atoms with E-state index in [0.29, 0.717) is 18.7 Å². The van der Waals surface area contributed by atoms with E-state index < -0.39 is 0 Å². The number of fused-ring (bicyclic) bond motifs is 1. The van der Waals surface area contributed by atoms with Crippen molar-refractivity contribution < 1.29 is 9.59 Å². The van der Waals surface area contributed by atoms with Gasteiger partial charge in [-0.3, -0.25) is 14.5 Å². The Labute approximate surface area is 131 Å². The Kier molecular flexibility index (Phi) is 5.91. The van der Waals surface area contributed by atoms with Crippen molar-refractivity contribution in [2.75, 3.05) is 38.0 Å². The van der Waals surface area contributed by atoms with Gasteiger partial charge in [-0.1, -0.05) is 19.9 Å². The topological polar surface area (TPSA) is 73.5 Å². The Morgan fingerprint density at radius 3 is 2.73 bits per heavy atom. The van der Waals surface area contributed by atoms with Crippen LogP contribution in [0.25, 0.3) is 0 Å². The molecule has 6 heteroatoms. The lowest BCUT2D eigenvalue weighted by Gasteiger charge is -2.26. The summed E-state index contributed by atoms with van der Waals surface area (Å²) in [6.07, 6.45) is 0. The third-order valence-corrected chi connectivity index (χ3v) is 3.70. The van der Waals surface area contributed by atoms with Gasteiger partial charge in [0, 0.05) is 49.5 Å². The van der Waals surface area contributed by atoms with Crippen LogP contribution in [-0.2, 0) is 11.3 Å². The van der Waals surface area contributed by atoms with E-state index in [1.165, 1.54) is 0 Å². The molecule has 0 atom stereocenters. The monoisotopic (exact) mass is 304 g/mol. The maximum atomic E-state index is 12.1. The molecule has 2 aliphatic heterocycles. The van der Waals surface area contributed by atoms with Gasteiger partial charge < -0.3 is 16.0 Å². The van der Waals surface area contributed by atoms with Crippen LogP contribution in [0.15, 0.2) is 18.2 Å². The second kappa shape index (κ2) is 7.91. The third-order valence-electron chi connectivity index (χ3n) is 3.70. The normalized spacial score (nSPS) is 17.1. The molecule has 3 rings (SSSR count). The first-order chi connectivity index (χ1) is 10.7. The fraction of sp³-hybridized carbons (Fsp3) is 0.500. The summed E-state index contributed by atoms with van der Waals surface area (Å²) >= 11 is 0. The van der Waals surface area contributed by atoms with E-state index in [0.717, 1.165) is 37.4 Å². The van der Waals surface area contributed by atoms with Crippen LogP contribution in [0.2, 0.25) is 0 Å². The quantitative estimate of drug-likeness (QED) is 0.772. The predicted molar refractivity (Wildman–Crippen MR) is 86.9 cm³/mol. The van der Waals surface area contributed by atoms with Crippen LogP contribution in [-0.4, -0.2) is 49.4 Å². The first-order valence-corrected chi connectivity index (χ1v) is 7.87. The summed E-state index contributed by atoms with van der Waals surface area (Å²) in [5.41, 5.74) is 2.28. The molecule has 1 saturated heterocycles. The van der Waals surface area contributed by atoms with E-state index in [9.17, 15) is 9.59 Å². The Morgan fingerprint density at radius 1 is 1.27 bits per heavy atom. The Hall–Kier alpha value is -1.92. The molecule has 2 aliphatic rings. The van der Waals surface area contributed by atoms with Gasteiger partial charge in [-0.25, -0.2) is 0 Å². The molecule has 2 heterocycles. The summed E-state index contributed by atoms with van der Waals surface area (Å²) in [6, 6.07) is 5.42. The fourth-order valence-corrected chi connectivity index (χ4v) is 2.63. The number of nitrogens with one attached hydrogen (secondary N) is 3. The molecule has 0 bridgehead atoms. The lowest BCUT2D eigenvalue weighted by Crippen LogP contribution is -2.46. The van der Waals surface area contributed by atoms with Gasteiger partial charge in [0.2, 0.25) is 5.91 Å². The van der Waals surface area contributed by atoms with Gasteiger partial charge in [0.1, 0.15) is 0 Å².